The minimum absolute atomic E-state index is 0. The molecular weight excluding hydrogens is 495 g/mol. The van der Waals surface area contributed by atoms with Gasteiger partial charge in [0.25, 0.3) is 0 Å². The Morgan fingerprint density at radius 1 is 0.905 bits per heavy atom. The van der Waals surface area contributed by atoms with Gasteiger partial charge >= 0.3 is 0 Å². The van der Waals surface area contributed by atoms with E-state index in [1.54, 1.807) is 0 Å². The van der Waals surface area contributed by atoms with E-state index in [0.29, 0.717) is 0 Å². The maximum Gasteiger partial charge on any atom is 0 e. The van der Waals surface area contributed by atoms with E-state index in [9.17, 15) is 0 Å². The number of hydrogen-bond acceptors (Lipinski definition) is 0. The van der Waals surface area contributed by atoms with Crippen LogP contribution in [0.25, 0.3) is 11.1 Å². The number of benzene rings is 1. The second-order valence-corrected chi connectivity index (χ2v) is 5.36. The first-order valence-electron chi connectivity index (χ1n) is 6.43. The van der Waals surface area contributed by atoms with Gasteiger partial charge in [-0.2, -0.15) is 6.07 Å². The predicted molar refractivity (Wildman–Crippen MR) is 88.3 cm³/mol. The van der Waals surface area contributed by atoms with E-state index in [1.165, 1.54) is 27.6 Å². The van der Waals surface area contributed by atoms with Crippen LogP contribution in [0.15, 0.2) is 66.7 Å². The summed E-state index contributed by atoms with van der Waals surface area (Å²) in [5.41, 5.74) is 5.29. The quantitative estimate of drug-likeness (QED) is 0.253. The van der Waals surface area contributed by atoms with Crippen molar-refractivity contribution in [3.63, 3.8) is 0 Å². The maximum atomic E-state index is 2.78. The topological polar surface area (TPSA) is 0 Å². The normalized spacial score (nSPS) is 8.90. The van der Waals surface area contributed by atoms with Gasteiger partial charge in [-0.1, -0.05) is 28.1 Å². The van der Waals surface area contributed by atoms with Gasteiger partial charge in [-0.3, -0.25) is 0 Å². The first kappa shape index (κ1) is 20.5. The van der Waals surface area contributed by atoms with Gasteiger partial charge in [0.2, 0.25) is 0 Å². The molecule has 0 nitrogen and oxygen atoms in total. The van der Waals surface area contributed by atoms with Gasteiger partial charge in [-0.05, 0) is 13.8 Å². The minimum Gasteiger partial charge on any atom is -0.748 e. The maximum absolute atomic E-state index is 2.78. The third kappa shape index (κ3) is 6.43. The van der Waals surface area contributed by atoms with Gasteiger partial charge in [-0.15, -0.1) is 39.1 Å². The van der Waals surface area contributed by atoms with Gasteiger partial charge in [0, 0.05) is 37.2 Å². The summed E-state index contributed by atoms with van der Waals surface area (Å²) in [5, 5.41) is 1.27. The molecule has 0 bridgehead atoms. The number of rotatable bonds is 1. The van der Waals surface area contributed by atoms with Crippen molar-refractivity contribution in [2.24, 2.45) is 0 Å². The zero-order valence-electron chi connectivity index (χ0n) is 12.1. The third-order valence-corrected chi connectivity index (χ3v) is 3.44. The molecule has 0 saturated heterocycles. The van der Waals surface area contributed by atoms with Crippen LogP contribution in [0.5, 0.6) is 0 Å². The van der Waals surface area contributed by atoms with E-state index in [0.717, 1.165) is 0 Å². The van der Waals surface area contributed by atoms with Crippen molar-refractivity contribution in [1.29, 1.82) is 0 Å². The van der Waals surface area contributed by atoms with E-state index in [1.807, 2.05) is 30.3 Å². The minimum atomic E-state index is 0. The summed E-state index contributed by atoms with van der Waals surface area (Å²) in [4.78, 5) is 0. The van der Waals surface area contributed by atoms with Crippen LogP contribution in [-0.2, 0) is 37.2 Å². The van der Waals surface area contributed by atoms with Gasteiger partial charge in [-0.25, -0.2) is 0 Å². The monoisotopic (exact) mass is 515 g/mol. The predicted octanol–water partition coefficient (Wildman–Crippen LogP) is 4.59. The molecule has 0 spiro atoms. The van der Waals surface area contributed by atoms with Crippen molar-refractivity contribution in [2.75, 3.05) is 0 Å². The molecule has 119 valence electrons. The van der Waals surface area contributed by atoms with Crippen LogP contribution in [0, 0.1) is 13.8 Å². The Hall–Kier alpha value is -0.481. The van der Waals surface area contributed by atoms with Crippen molar-refractivity contribution >= 4 is 14.5 Å². The van der Waals surface area contributed by atoms with Crippen molar-refractivity contribution < 1.29 is 37.2 Å². The molecule has 0 saturated carbocycles. The molecule has 0 amide bonds. The molecule has 1 unspecified atom stereocenters. The van der Waals surface area contributed by atoms with E-state index < -0.39 is 0 Å². The molecule has 0 aliphatic heterocycles. The molecule has 0 fully saturated rings. The fourth-order valence-electron chi connectivity index (χ4n) is 2.15. The molecule has 3 heteroatoms. The molecule has 21 heavy (non-hydrogen) atoms. The molecule has 0 heterocycles. The molecule has 0 aliphatic rings. The zero-order chi connectivity index (χ0) is 13.7. The average Bonchev–Trinajstić information content (AvgIpc) is 3.00. The van der Waals surface area contributed by atoms with Crippen molar-refractivity contribution in [3.05, 3.63) is 77.9 Å². The standard InChI is InChI=1S/C13H14P.C5H5.Fe.Ir/c1-9-6-10(2)8-11(7-9)12-4-3-5-13(12)14;1-2-4-5-3-1;;/h3-8H,14H2,1-2H3;1-5H;;/q-1;-5;;. The number of hydrogen-bond donors (Lipinski definition) is 0. The summed E-state index contributed by atoms with van der Waals surface area (Å²) < 4.78 is 0. The van der Waals surface area contributed by atoms with Crippen LogP contribution in [0.4, 0.5) is 0 Å². The Balaban J connectivity index is 0.000000491. The molecule has 1 radical (unpaired) electrons. The molecule has 0 aromatic heterocycles. The molecule has 3 aromatic carbocycles. The Morgan fingerprint density at radius 2 is 1.38 bits per heavy atom. The fourth-order valence-corrected chi connectivity index (χ4v) is 2.52. The van der Waals surface area contributed by atoms with Gasteiger partial charge in [0.1, 0.15) is 0 Å². The van der Waals surface area contributed by atoms with Crippen LogP contribution in [0.3, 0.4) is 0 Å². The SMILES string of the molecule is Cc1cc(C)cc(-[c-]2cccc2P)c1.[Fe].[Ir].[cH-]1[cH-][cH-][cH-][cH-]1. The summed E-state index contributed by atoms with van der Waals surface area (Å²) in [6, 6.07) is 23.0. The fraction of sp³-hybridized carbons (Fsp3) is 0.111. The first-order valence-corrected chi connectivity index (χ1v) is 7.01. The largest absolute Gasteiger partial charge is 0.748 e. The van der Waals surface area contributed by atoms with Crippen LogP contribution in [0.1, 0.15) is 11.1 Å². The molecular formula is C18H19FeIrP-6. The Morgan fingerprint density at radius 3 is 1.76 bits per heavy atom. The summed E-state index contributed by atoms with van der Waals surface area (Å²) in [6.45, 7) is 4.28. The Labute approximate surface area is 154 Å². The van der Waals surface area contributed by atoms with Crippen molar-refractivity contribution in [1.82, 2.24) is 0 Å². The average molecular weight is 514 g/mol. The van der Waals surface area contributed by atoms with Crippen LogP contribution >= 0.6 is 9.24 Å². The van der Waals surface area contributed by atoms with E-state index >= 15 is 0 Å². The Bertz CT molecular complexity index is 589. The van der Waals surface area contributed by atoms with Gasteiger partial charge in [0.05, 0.1) is 0 Å². The smallest absolute Gasteiger partial charge is 0 e. The third-order valence-electron chi connectivity index (χ3n) is 2.94. The van der Waals surface area contributed by atoms with Gasteiger partial charge < -0.3 is 30.3 Å². The summed E-state index contributed by atoms with van der Waals surface area (Å²) >= 11 is 0. The molecule has 3 rings (SSSR count). The summed E-state index contributed by atoms with van der Waals surface area (Å²) in [5.74, 6) is 0. The van der Waals surface area contributed by atoms with Crippen LogP contribution in [0.2, 0.25) is 0 Å². The summed E-state index contributed by atoms with van der Waals surface area (Å²) in [7, 11) is 2.78. The van der Waals surface area contributed by atoms with Crippen LogP contribution in [-0.4, -0.2) is 0 Å². The summed E-state index contributed by atoms with van der Waals surface area (Å²) in [6.07, 6.45) is 0. The molecule has 0 N–H and O–H groups in total. The second-order valence-electron chi connectivity index (χ2n) is 4.73. The zero-order valence-corrected chi connectivity index (χ0v) is 16.8. The van der Waals surface area contributed by atoms with Gasteiger partial charge in [0.15, 0.2) is 0 Å². The van der Waals surface area contributed by atoms with E-state index in [4.69, 9.17) is 0 Å². The molecule has 0 aliphatic carbocycles. The molecule has 3 aromatic rings. The van der Waals surface area contributed by atoms with Crippen LogP contribution < -0.4 is 5.30 Å². The second kappa shape index (κ2) is 10.3. The van der Waals surface area contributed by atoms with E-state index in [-0.39, 0.29) is 37.2 Å². The van der Waals surface area contributed by atoms with Crippen molar-refractivity contribution in [3.8, 4) is 11.1 Å². The number of aryl methyl sites for hydroxylation is 2. The molecule has 1 atom stereocenters. The Kier molecular flexibility index (Phi) is 10.0. The van der Waals surface area contributed by atoms with Crippen molar-refractivity contribution in [2.45, 2.75) is 13.8 Å². The van der Waals surface area contributed by atoms with E-state index in [2.05, 4.69) is 59.5 Å². The first-order chi connectivity index (χ1) is 9.16.